The summed E-state index contributed by atoms with van der Waals surface area (Å²) >= 11 is 1.38. The Morgan fingerprint density at radius 1 is 1.53 bits per heavy atom. The number of aliphatic hydroxyl groups is 1. The molecular weight excluding hydrogens is 262 g/mol. The summed E-state index contributed by atoms with van der Waals surface area (Å²) in [5.74, 6) is 0. The molecule has 0 bridgehead atoms. The summed E-state index contributed by atoms with van der Waals surface area (Å²) in [5, 5.41) is 8.84. The van der Waals surface area contributed by atoms with Gasteiger partial charge >= 0.3 is 0 Å². The molecule has 6 nitrogen and oxygen atoms in total. The average molecular weight is 273 g/mol. The van der Waals surface area contributed by atoms with Crippen LogP contribution in [0.4, 0.5) is 0 Å². The van der Waals surface area contributed by atoms with E-state index < -0.39 is 10.0 Å². The van der Waals surface area contributed by atoms with Crippen molar-refractivity contribution in [2.24, 2.45) is 0 Å². The number of aromatic amines is 1. The fourth-order valence-electron chi connectivity index (χ4n) is 1.24. The van der Waals surface area contributed by atoms with Crippen LogP contribution >= 0.6 is 11.3 Å². The Morgan fingerprint density at radius 2 is 2.35 bits per heavy atom. The largest absolute Gasteiger partial charge is 0.390 e. The minimum Gasteiger partial charge on any atom is -0.390 e. The average Bonchev–Trinajstić information content (AvgIpc) is 2.98. The summed E-state index contributed by atoms with van der Waals surface area (Å²) in [7, 11) is -3.54. The highest BCUT2D eigenvalue weighted by molar-refractivity contribution is 7.89. The van der Waals surface area contributed by atoms with Gasteiger partial charge in [0.05, 0.1) is 17.0 Å². The Kier molecular flexibility index (Phi) is 3.57. The summed E-state index contributed by atoms with van der Waals surface area (Å²) < 4.78 is 26.1. The molecule has 0 amide bonds. The molecule has 92 valence electrons. The van der Waals surface area contributed by atoms with Gasteiger partial charge in [0.25, 0.3) is 0 Å². The van der Waals surface area contributed by atoms with Crippen LogP contribution in [0.5, 0.6) is 0 Å². The smallest absolute Gasteiger partial charge is 0.242 e. The fraction of sp³-hybridized carbons (Fsp3) is 0.222. The number of H-pyrrole nitrogens is 1. The quantitative estimate of drug-likeness (QED) is 0.736. The van der Waals surface area contributed by atoms with Crippen LogP contribution < -0.4 is 4.72 Å². The van der Waals surface area contributed by atoms with Crippen LogP contribution in [0.25, 0.3) is 0 Å². The third-order valence-electron chi connectivity index (χ3n) is 2.12. The molecule has 0 aromatic carbocycles. The normalized spacial score (nSPS) is 11.8. The standard InChI is InChI=1S/C9H11N3O3S2/c13-5-7-1-9(4-11-7)17(14,15)12-3-8-2-10-6-16-8/h1-2,4,6,11-13H,3,5H2. The summed E-state index contributed by atoms with van der Waals surface area (Å²) in [6.07, 6.45) is 2.96. The number of rotatable bonds is 5. The Bertz CT molecular complexity index is 574. The summed E-state index contributed by atoms with van der Waals surface area (Å²) in [6, 6.07) is 1.40. The molecule has 0 spiro atoms. The van der Waals surface area contributed by atoms with E-state index in [4.69, 9.17) is 5.11 Å². The van der Waals surface area contributed by atoms with Gasteiger partial charge in [0.2, 0.25) is 10.0 Å². The Morgan fingerprint density at radius 3 is 2.94 bits per heavy atom. The van der Waals surface area contributed by atoms with Gasteiger partial charge in [0, 0.05) is 29.5 Å². The van der Waals surface area contributed by atoms with Gasteiger partial charge in [-0.05, 0) is 6.07 Å². The molecule has 0 atom stereocenters. The fourth-order valence-corrected chi connectivity index (χ4v) is 2.89. The van der Waals surface area contributed by atoms with E-state index in [0.717, 1.165) is 4.88 Å². The van der Waals surface area contributed by atoms with Gasteiger partial charge < -0.3 is 10.1 Å². The first kappa shape index (κ1) is 12.2. The topological polar surface area (TPSA) is 95.1 Å². The molecule has 0 saturated heterocycles. The van der Waals surface area contributed by atoms with Gasteiger partial charge in [-0.3, -0.25) is 4.98 Å². The summed E-state index contributed by atoms with van der Waals surface area (Å²) in [6.45, 7) is -0.00297. The zero-order valence-electron chi connectivity index (χ0n) is 8.75. The lowest BCUT2D eigenvalue weighted by molar-refractivity contribution is 0.277. The van der Waals surface area contributed by atoms with Gasteiger partial charge in [0.1, 0.15) is 0 Å². The van der Waals surface area contributed by atoms with Gasteiger partial charge in [-0.2, -0.15) is 0 Å². The first-order valence-corrected chi connectivity index (χ1v) is 7.13. The van der Waals surface area contributed by atoms with Crippen molar-refractivity contribution >= 4 is 21.4 Å². The molecule has 0 fully saturated rings. The molecule has 2 heterocycles. The number of nitrogens with one attached hydrogen (secondary N) is 2. The van der Waals surface area contributed by atoms with Crippen LogP contribution in [0.15, 0.2) is 28.9 Å². The Labute approximate surface area is 102 Å². The number of hydrogen-bond acceptors (Lipinski definition) is 5. The highest BCUT2D eigenvalue weighted by atomic mass is 32.2. The molecule has 0 unspecified atom stereocenters. The van der Waals surface area contributed by atoms with E-state index >= 15 is 0 Å². The van der Waals surface area contributed by atoms with Crippen LogP contribution in [0.2, 0.25) is 0 Å². The summed E-state index contributed by atoms with van der Waals surface area (Å²) in [4.78, 5) is 7.49. The predicted octanol–water partition coefficient (Wildman–Crippen LogP) is 0.442. The highest BCUT2D eigenvalue weighted by Crippen LogP contribution is 2.12. The van der Waals surface area contributed by atoms with E-state index in [1.807, 2.05) is 0 Å². The van der Waals surface area contributed by atoms with Gasteiger partial charge in [0.15, 0.2) is 0 Å². The highest BCUT2D eigenvalue weighted by Gasteiger charge is 2.15. The monoisotopic (exact) mass is 273 g/mol. The molecule has 0 aliphatic rings. The molecular formula is C9H11N3O3S2. The first-order chi connectivity index (χ1) is 8.12. The second kappa shape index (κ2) is 4.96. The second-order valence-electron chi connectivity index (χ2n) is 3.31. The predicted molar refractivity (Wildman–Crippen MR) is 62.9 cm³/mol. The Hall–Kier alpha value is -1.22. The van der Waals surface area contributed by atoms with E-state index in [1.165, 1.54) is 23.6 Å². The minimum atomic E-state index is -3.54. The van der Waals surface area contributed by atoms with Gasteiger partial charge in [-0.25, -0.2) is 13.1 Å². The van der Waals surface area contributed by atoms with Crippen molar-refractivity contribution in [1.82, 2.24) is 14.7 Å². The SMILES string of the molecule is O=S(=O)(NCc1cncs1)c1c[nH]c(CO)c1. The summed E-state index contributed by atoms with van der Waals surface area (Å²) in [5.41, 5.74) is 2.10. The van der Waals surface area contributed by atoms with E-state index in [2.05, 4.69) is 14.7 Å². The van der Waals surface area contributed by atoms with Crippen molar-refractivity contribution < 1.29 is 13.5 Å². The zero-order chi connectivity index (χ0) is 12.3. The molecule has 8 heteroatoms. The number of aliphatic hydroxyl groups excluding tert-OH is 1. The molecule has 2 rings (SSSR count). The molecule has 0 radical (unpaired) electrons. The molecule has 3 N–H and O–H groups in total. The van der Waals surface area contributed by atoms with E-state index in [-0.39, 0.29) is 18.0 Å². The number of sulfonamides is 1. The van der Waals surface area contributed by atoms with Crippen LogP contribution in [0.3, 0.4) is 0 Å². The lowest BCUT2D eigenvalue weighted by Gasteiger charge is -2.02. The molecule has 0 aliphatic heterocycles. The number of thiazole rings is 1. The number of nitrogens with zero attached hydrogens (tertiary/aromatic N) is 1. The van der Waals surface area contributed by atoms with Crippen molar-refractivity contribution in [3.63, 3.8) is 0 Å². The van der Waals surface area contributed by atoms with E-state index in [1.54, 1.807) is 11.7 Å². The van der Waals surface area contributed by atoms with Crippen molar-refractivity contribution in [1.29, 1.82) is 0 Å². The zero-order valence-corrected chi connectivity index (χ0v) is 10.4. The van der Waals surface area contributed by atoms with Crippen LogP contribution in [0.1, 0.15) is 10.6 Å². The van der Waals surface area contributed by atoms with E-state index in [9.17, 15) is 8.42 Å². The number of aromatic nitrogens is 2. The maximum Gasteiger partial charge on any atom is 0.242 e. The third kappa shape index (κ3) is 2.91. The molecule has 2 aromatic rings. The maximum atomic E-state index is 11.8. The molecule has 0 aliphatic carbocycles. The molecule has 17 heavy (non-hydrogen) atoms. The van der Waals surface area contributed by atoms with Crippen LogP contribution in [-0.4, -0.2) is 23.5 Å². The molecule has 0 saturated carbocycles. The Balaban J connectivity index is 2.08. The first-order valence-electron chi connectivity index (χ1n) is 4.77. The van der Waals surface area contributed by atoms with Crippen LogP contribution in [0, 0.1) is 0 Å². The lowest BCUT2D eigenvalue weighted by Crippen LogP contribution is -2.22. The van der Waals surface area contributed by atoms with Gasteiger partial charge in [-0.15, -0.1) is 11.3 Å². The number of hydrogen-bond donors (Lipinski definition) is 3. The van der Waals surface area contributed by atoms with Crippen molar-refractivity contribution in [3.05, 3.63) is 34.5 Å². The van der Waals surface area contributed by atoms with E-state index in [0.29, 0.717) is 5.69 Å². The second-order valence-corrected chi connectivity index (χ2v) is 6.05. The van der Waals surface area contributed by atoms with Crippen molar-refractivity contribution in [2.45, 2.75) is 18.0 Å². The van der Waals surface area contributed by atoms with Crippen molar-refractivity contribution in [3.8, 4) is 0 Å². The minimum absolute atomic E-state index is 0.117. The third-order valence-corrected chi connectivity index (χ3v) is 4.28. The van der Waals surface area contributed by atoms with Crippen LogP contribution in [-0.2, 0) is 23.2 Å². The lowest BCUT2D eigenvalue weighted by atomic mass is 10.5. The van der Waals surface area contributed by atoms with Crippen molar-refractivity contribution in [2.75, 3.05) is 0 Å². The molecule has 2 aromatic heterocycles. The van der Waals surface area contributed by atoms with Gasteiger partial charge in [-0.1, -0.05) is 0 Å². The maximum absolute atomic E-state index is 11.8.